The van der Waals surface area contributed by atoms with Gasteiger partial charge in [-0.15, -0.1) is 0 Å². The Bertz CT molecular complexity index is 1440. The number of fused-ring (bicyclic) bond motifs is 2. The minimum absolute atomic E-state index is 0.0742. The molecule has 0 unspecified atom stereocenters. The maximum atomic E-state index is 13.4. The van der Waals surface area contributed by atoms with E-state index in [1.54, 1.807) is 60.2 Å². The van der Waals surface area contributed by atoms with Gasteiger partial charge in [0.1, 0.15) is 19.0 Å². The molecule has 0 spiro atoms. The van der Waals surface area contributed by atoms with Crippen LogP contribution in [0.4, 0.5) is 5.69 Å². The summed E-state index contributed by atoms with van der Waals surface area (Å²) >= 11 is 6.00. The normalized spacial score (nSPS) is 12.4. The lowest BCUT2D eigenvalue weighted by Gasteiger charge is -2.19. The monoisotopic (exact) mass is 490 g/mol. The lowest BCUT2D eigenvalue weighted by Crippen LogP contribution is -2.18. The van der Waals surface area contributed by atoms with Crippen LogP contribution < -0.4 is 19.5 Å². The molecule has 2 heterocycles. The molecule has 8 heteroatoms. The van der Waals surface area contributed by atoms with Crippen LogP contribution in [0, 0.1) is 6.92 Å². The molecule has 178 valence electrons. The fourth-order valence-corrected chi connectivity index (χ4v) is 4.41. The zero-order chi connectivity index (χ0) is 24.5. The van der Waals surface area contributed by atoms with Crippen molar-refractivity contribution in [3.05, 3.63) is 82.5 Å². The van der Waals surface area contributed by atoms with Crippen molar-refractivity contribution in [3.8, 4) is 17.2 Å². The number of aromatic nitrogens is 1. The van der Waals surface area contributed by atoms with E-state index in [2.05, 4.69) is 5.32 Å². The summed E-state index contributed by atoms with van der Waals surface area (Å²) in [7, 11) is 1.58. The molecular weight excluding hydrogens is 468 g/mol. The first-order valence-electron chi connectivity index (χ1n) is 11.1. The Morgan fingerprint density at radius 3 is 2.49 bits per heavy atom. The molecule has 0 radical (unpaired) electrons. The largest absolute Gasteiger partial charge is 0.497 e. The first-order valence-corrected chi connectivity index (χ1v) is 11.5. The highest BCUT2D eigenvalue weighted by atomic mass is 35.5. The minimum Gasteiger partial charge on any atom is -0.497 e. The van der Waals surface area contributed by atoms with Gasteiger partial charge in [-0.05, 0) is 67.1 Å². The van der Waals surface area contributed by atoms with Crippen molar-refractivity contribution in [1.82, 2.24) is 4.57 Å². The number of hydrogen-bond donors (Lipinski definition) is 1. The number of carbonyl (C=O) groups excluding carboxylic acids is 2. The summed E-state index contributed by atoms with van der Waals surface area (Å²) in [5, 5.41) is 4.25. The number of rotatable bonds is 5. The number of benzene rings is 3. The number of nitrogens with zero attached hydrogens (tertiary/aromatic N) is 1. The van der Waals surface area contributed by atoms with Crippen LogP contribution >= 0.6 is 11.6 Å². The van der Waals surface area contributed by atoms with Gasteiger partial charge < -0.3 is 19.5 Å². The molecule has 4 aromatic rings. The van der Waals surface area contributed by atoms with Gasteiger partial charge in [0.15, 0.2) is 11.5 Å². The number of hydrogen-bond acceptors (Lipinski definition) is 5. The van der Waals surface area contributed by atoms with E-state index >= 15 is 0 Å². The van der Waals surface area contributed by atoms with Crippen molar-refractivity contribution >= 4 is 40.0 Å². The van der Waals surface area contributed by atoms with Crippen molar-refractivity contribution in [2.24, 2.45) is 0 Å². The van der Waals surface area contributed by atoms with E-state index in [4.69, 9.17) is 25.8 Å². The number of carbonyl (C=O) groups is 2. The van der Waals surface area contributed by atoms with E-state index in [-0.39, 0.29) is 18.2 Å². The van der Waals surface area contributed by atoms with Crippen LogP contribution in [-0.2, 0) is 11.2 Å². The number of methoxy groups -OCH3 is 1. The van der Waals surface area contributed by atoms with Gasteiger partial charge >= 0.3 is 0 Å². The van der Waals surface area contributed by atoms with Crippen LogP contribution in [0.3, 0.4) is 0 Å². The predicted molar refractivity (Wildman–Crippen MR) is 134 cm³/mol. The summed E-state index contributed by atoms with van der Waals surface area (Å²) in [5.41, 5.74) is 3.24. The van der Waals surface area contributed by atoms with Crippen LogP contribution in [0.1, 0.15) is 21.6 Å². The number of amides is 1. The smallest absolute Gasteiger partial charge is 0.262 e. The van der Waals surface area contributed by atoms with Gasteiger partial charge in [-0.3, -0.25) is 14.2 Å². The van der Waals surface area contributed by atoms with Crippen LogP contribution in [0.25, 0.3) is 10.9 Å². The zero-order valence-corrected chi connectivity index (χ0v) is 20.0. The Labute approximate surface area is 207 Å². The maximum Gasteiger partial charge on any atom is 0.262 e. The van der Waals surface area contributed by atoms with E-state index < -0.39 is 0 Å². The fourth-order valence-electron chi connectivity index (χ4n) is 4.28. The molecule has 35 heavy (non-hydrogen) atoms. The first kappa shape index (κ1) is 22.8. The molecule has 0 aliphatic carbocycles. The Hall–Kier alpha value is -3.97. The summed E-state index contributed by atoms with van der Waals surface area (Å²) in [6, 6.07) is 17.5. The number of ether oxygens (including phenoxy) is 3. The van der Waals surface area contributed by atoms with Crippen LogP contribution in [0.2, 0.25) is 5.02 Å². The zero-order valence-electron chi connectivity index (χ0n) is 19.3. The standard InChI is InChI=1S/C27H23ClN2O5/c1-16-21(15-26(31)29-19-7-10-24-25(13-19)35-12-11-34-24)22-14-20(33-2)8-9-23(22)30(16)27(32)17-3-5-18(28)6-4-17/h3-10,13-14H,11-12,15H2,1-2H3,(H,29,31). The van der Waals surface area contributed by atoms with Gasteiger partial charge in [0.25, 0.3) is 5.91 Å². The molecule has 1 aromatic heterocycles. The van der Waals surface area contributed by atoms with Crippen molar-refractivity contribution in [2.75, 3.05) is 25.6 Å². The minimum atomic E-state index is -0.217. The van der Waals surface area contributed by atoms with E-state index in [9.17, 15) is 9.59 Å². The van der Waals surface area contributed by atoms with Gasteiger partial charge in [0, 0.05) is 33.4 Å². The van der Waals surface area contributed by atoms with E-state index in [1.165, 1.54) is 0 Å². The highest BCUT2D eigenvalue weighted by molar-refractivity contribution is 6.30. The van der Waals surface area contributed by atoms with Gasteiger partial charge in [-0.25, -0.2) is 0 Å². The molecule has 1 amide bonds. The third-order valence-electron chi connectivity index (χ3n) is 6.00. The second-order valence-corrected chi connectivity index (χ2v) is 8.61. The van der Waals surface area contributed by atoms with Gasteiger partial charge in [0.2, 0.25) is 5.91 Å². The van der Waals surface area contributed by atoms with Gasteiger partial charge in [-0.1, -0.05) is 11.6 Å². The van der Waals surface area contributed by atoms with Crippen LogP contribution in [0.15, 0.2) is 60.7 Å². The molecule has 1 aliphatic rings. The molecule has 1 N–H and O–H groups in total. The molecule has 0 saturated carbocycles. The molecule has 5 rings (SSSR count). The van der Waals surface area contributed by atoms with Gasteiger partial charge in [-0.2, -0.15) is 0 Å². The van der Waals surface area contributed by atoms with E-state index in [1.807, 2.05) is 19.1 Å². The van der Waals surface area contributed by atoms with E-state index in [0.717, 1.165) is 10.9 Å². The van der Waals surface area contributed by atoms with Crippen LogP contribution in [-0.4, -0.2) is 36.7 Å². The number of halogens is 1. The van der Waals surface area contributed by atoms with Gasteiger partial charge in [0.05, 0.1) is 19.0 Å². The SMILES string of the molecule is COc1ccc2c(c1)c(CC(=O)Nc1ccc3c(c1)OCCO3)c(C)n2C(=O)c1ccc(Cl)cc1. The van der Waals surface area contributed by atoms with E-state index in [0.29, 0.717) is 57.9 Å². The Morgan fingerprint density at radius 1 is 1.00 bits per heavy atom. The number of nitrogens with one attached hydrogen (secondary N) is 1. The first-order chi connectivity index (χ1) is 16.9. The molecule has 0 fully saturated rings. The maximum absolute atomic E-state index is 13.4. The predicted octanol–water partition coefficient (Wildman–Crippen LogP) is 5.25. The molecule has 1 aliphatic heterocycles. The molecule has 0 atom stereocenters. The molecule has 0 saturated heterocycles. The summed E-state index contributed by atoms with van der Waals surface area (Å²) in [6.45, 7) is 2.81. The van der Waals surface area contributed by atoms with Crippen molar-refractivity contribution in [2.45, 2.75) is 13.3 Å². The Kier molecular flexibility index (Phi) is 6.09. The molecular formula is C27H23ClN2O5. The lowest BCUT2D eigenvalue weighted by molar-refractivity contribution is -0.115. The Balaban J connectivity index is 1.49. The summed E-state index contributed by atoms with van der Waals surface area (Å²) in [5.74, 6) is 1.47. The van der Waals surface area contributed by atoms with Crippen molar-refractivity contribution in [1.29, 1.82) is 0 Å². The molecule has 7 nitrogen and oxygen atoms in total. The highest BCUT2D eigenvalue weighted by Gasteiger charge is 2.22. The van der Waals surface area contributed by atoms with Crippen molar-refractivity contribution in [3.63, 3.8) is 0 Å². The summed E-state index contributed by atoms with van der Waals surface area (Å²) < 4.78 is 18.2. The number of anilines is 1. The second kappa shape index (κ2) is 9.35. The quantitative estimate of drug-likeness (QED) is 0.413. The third kappa shape index (κ3) is 4.42. The molecule has 0 bridgehead atoms. The summed E-state index contributed by atoms with van der Waals surface area (Å²) in [4.78, 5) is 26.5. The molecule has 3 aromatic carbocycles. The second-order valence-electron chi connectivity index (χ2n) is 8.18. The fraction of sp³-hybridized carbons (Fsp3) is 0.185. The highest BCUT2D eigenvalue weighted by Crippen LogP contribution is 2.34. The average Bonchev–Trinajstić information content (AvgIpc) is 3.14. The van der Waals surface area contributed by atoms with Crippen molar-refractivity contribution < 1.29 is 23.8 Å². The lowest BCUT2D eigenvalue weighted by atomic mass is 10.1. The Morgan fingerprint density at radius 2 is 1.74 bits per heavy atom. The average molecular weight is 491 g/mol. The van der Waals surface area contributed by atoms with Crippen LogP contribution in [0.5, 0.6) is 17.2 Å². The summed E-state index contributed by atoms with van der Waals surface area (Å²) in [6.07, 6.45) is 0.0742. The topological polar surface area (TPSA) is 78.8 Å². The third-order valence-corrected chi connectivity index (χ3v) is 6.25.